The van der Waals surface area contributed by atoms with E-state index < -0.39 is 5.60 Å². The van der Waals surface area contributed by atoms with Crippen LogP contribution < -0.4 is 4.74 Å². The first-order valence-electron chi connectivity index (χ1n) is 11.5. The molecule has 2 aliphatic heterocycles. The summed E-state index contributed by atoms with van der Waals surface area (Å²) in [6.07, 6.45) is 4.95. The normalized spacial score (nSPS) is 22.6. The number of para-hydroxylation sites is 1. The van der Waals surface area contributed by atoms with Crippen molar-refractivity contribution >= 4 is 11.8 Å². The van der Waals surface area contributed by atoms with E-state index in [0.717, 1.165) is 25.0 Å². The lowest BCUT2D eigenvalue weighted by Crippen LogP contribution is -2.62. The van der Waals surface area contributed by atoms with Crippen LogP contribution in [0.25, 0.3) is 0 Å². The Labute approximate surface area is 189 Å². The lowest BCUT2D eigenvalue weighted by molar-refractivity contribution is -0.170. The third-order valence-electron chi connectivity index (χ3n) is 6.33. The molecule has 172 valence electrons. The molecule has 0 radical (unpaired) electrons. The fourth-order valence-electron chi connectivity index (χ4n) is 4.57. The molecule has 1 aromatic carbocycles. The van der Waals surface area contributed by atoms with Crippen LogP contribution in [0.5, 0.6) is 5.75 Å². The molecular weight excluding hydrogens is 408 g/mol. The number of carbonyl (C=O) groups excluding carboxylic acids is 2. The number of aryl methyl sites for hydroxylation is 2. The van der Waals surface area contributed by atoms with Crippen LogP contribution in [-0.2, 0) is 23.0 Å². The van der Waals surface area contributed by atoms with Gasteiger partial charge in [-0.3, -0.25) is 14.3 Å². The van der Waals surface area contributed by atoms with Gasteiger partial charge in [0.25, 0.3) is 11.8 Å². The highest BCUT2D eigenvalue weighted by Crippen LogP contribution is 2.30. The molecule has 1 atom stereocenters. The lowest BCUT2D eigenvalue weighted by atomic mass is 9.91. The Morgan fingerprint density at radius 2 is 2.00 bits per heavy atom. The highest BCUT2D eigenvalue weighted by Gasteiger charge is 2.46. The number of fused-ring (bicyclic) bond motifs is 1. The average Bonchev–Trinajstić information content (AvgIpc) is 3.25. The molecule has 8 heteroatoms. The van der Waals surface area contributed by atoms with Crippen molar-refractivity contribution < 1.29 is 19.1 Å². The van der Waals surface area contributed by atoms with E-state index in [2.05, 4.69) is 11.2 Å². The third-order valence-corrected chi connectivity index (χ3v) is 6.33. The molecule has 1 unspecified atom stereocenters. The highest BCUT2D eigenvalue weighted by molar-refractivity contribution is 5.93. The van der Waals surface area contributed by atoms with Crippen molar-refractivity contribution in [2.75, 3.05) is 39.4 Å². The standard InChI is InChI=1S/C24H32N4O4/c1-3-27-14-16-31-21-10-5-4-8-19(21)9-6-7-12-24(23(27)30)18-28(15-17-32-24)22(29)20-11-13-26(2)25-20/h4-5,8,10-11,13H,3,6-7,9,12,14-18H2,1-2H3. The van der Waals surface area contributed by atoms with Gasteiger partial charge in [-0.05, 0) is 50.3 Å². The van der Waals surface area contributed by atoms with Crippen molar-refractivity contribution in [1.82, 2.24) is 19.6 Å². The van der Waals surface area contributed by atoms with Crippen LogP contribution >= 0.6 is 0 Å². The number of hydrogen-bond acceptors (Lipinski definition) is 5. The first-order valence-corrected chi connectivity index (χ1v) is 11.5. The molecule has 2 aliphatic rings. The quantitative estimate of drug-likeness (QED) is 0.716. The van der Waals surface area contributed by atoms with Crippen LogP contribution in [0.15, 0.2) is 36.5 Å². The molecule has 2 amide bonds. The molecule has 1 aromatic heterocycles. The third kappa shape index (κ3) is 4.65. The van der Waals surface area contributed by atoms with Gasteiger partial charge in [-0.2, -0.15) is 5.10 Å². The van der Waals surface area contributed by atoms with Crippen LogP contribution in [0, 0.1) is 0 Å². The number of benzene rings is 1. The van der Waals surface area contributed by atoms with E-state index in [1.54, 1.807) is 33.8 Å². The molecule has 0 bridgehead atoms. The molecule has 3 heterocycles. The van der Waals surface area contributed by atoms with Gasteiger partial charge in [0.1, 0.15) is 18.1 Å². The van der Waals surface area contributed by atoms with Crippen molar-refractivity contribution in [1.29, 1.82) is 0 Å². The number of nitrogens with zero attached hydrogens (tertiary/aromatic N) is 4. The fraction of sp³-hybridized carbons (Fsp3) is 0.542. The molecule has 0 saturated carbocycles. The zero-order chi connectivity index (χ0) is 22.6. The van der Waals surface area contributed by atoms with Gasteiger partial charge >= 0.3 is 0 Å². The maximum atomic E-state index is 13.7. The smallest absolute Gasteiger partial charge is 0.274 e. The Morgan fingerprint density at radius 1 is 1.16 bits per heavy atom. The number of amides is 2. The Morgan fingerprint density at radius 3 is 2.78 bits per heavy atom. The highest BCUT2D eigenvalue weighted by atomic mass is 16.5. The Balaban J connectivity index is 1.56. The van der Waals surface area contributed by atoms with Gasteiger partial charge in [0, 0.05) is 26.3 Å². The summed E-state index contributed by atoms with van der Waals surface area (Å²) in [4.78, 5) is 30.3. The van der Waals surface area contributed by atoms with Gasteiger partial charge < -0.3 is 19.3 Å². The maximum absolute atomic E-state index is 13.7. The van der Waals surface area contributed by atoms with Gasteiger partial charge in [0.05, 0.1) is 19.7 Å². The largest absolute Gasteiger partial charge is 0.491 e. The van der Waals surface area contributed by atoms with Gasteiger partial charge in [-0.1, -0.05) is 18.2 Å². The van der Waals surface area contributed by atoms with Crippen LogP contribution in [0.2, 0.25) is 0 Å². The van der Waals surface area contributed by atoms with E-state index in [1.807, 2.05) is 25.1 Å². The molecule has 0 aliphatic carbocycles. The van der Waals surface area contributed by atoms with Gasteiger partial charge in [-0.15, -0.1) is 0 Å². The summed E-state index contributed by atoms with van der Waals surface area (Å²) in [6.45, 7) is 4.45. The predicted octanol–water partition coefficient (Wildman–Crippen LogP) is 2.29. The summed E-state index contributed by atoms with van der Waals surface area (Å²) in [5.74, 6) is 0.677. The van der Waals surface area contributed by atoms with Gasteiger partial charge in [-0.25, -0.2) is 0 Å². The second-order valence-corrected chi connectivity index (χ2v) is 8.49. The minimum atomic E-state index is -1.03. The molecule has 2 aromatic rings. The van der Waals surface area contributed by atoms with E-state index in [0.29, 0.717) is 45.0 Å². The lowest BCUT2D eigenvalue weighted by Gasteiger charge is -2.43. The van der Waals surface area contributed by atoms with E-state index in [-0.39, 0.29) is 18.4 Å². The zero-order valence-corrected chi connectivity index (χ0v) is 19.0. The van der Waals surface area contributed by atoms with Crippen LogP contribution in [0.3, 0.4) is 0 Å². The number of ether oxygens (including phenoxy) is 2. The number of rotatable bonds is 2. The summed E-state index contributed by atoms with van der Waals surface area (Å²) in [5, 5.41) is 4.25. The maximum Gasteiger partial charge on any atom is 0.274 e. The van der Waals surface area contributed by atoms with E-state index in [9.17, 15) is 9.59 Å². The van der Waals surface area contributed by atoms with E-state index in [1.165, 1.54) is 5.56 Å². The van der Waals surface area contributed by atoms with E-state index >= 15 is 0 Å². The summed E-state index contributed by atoms with van der Waals surface area (Å²) in [5.41, 5.74) is 0.549. The number of carbonyl (C=O) groups is 2. The fourth-order valence-corrected chi connectivity index (χ4v) is 4.57. The molecule has 0 N–H and O–H groups in total. The predicted molar refractivity (Wildman–Crippen MR) is 120 cm³/mol. The monoisotopic (exact) mass is 440 g/mol. The molecule has 1 spiro atoms. The van der Waals surface area contributed by atoms with Crippen molar-refractivity contribution in [3.8, 4) is 5.75 Å². The van der Waals surface area contributed by atoms with Crippen molar-refractivity contribution in [3.63, 3.8) is 0 Å². The molecule has 4 rings (SSSR count). The molecule has 1 fully saturated rings. The number of morpholine rings is 1. The summed E-state index contributed by atoms with van der Waals surface area (Å²) in [7, 11) is 1.79. The molecule has 1 saturated heterocycles. The molecular formula is C24H32N4O4. The van der Waals surface area contributed by atoms with E-state index in [4.69, 9.17) is 9.47 Å². The van der Waals surface area contributed by atoms with Crippen molar-refractivity contribution in [2.45, 2.75) is 38.2 Å². The number of likely N-dealkylation sites (N-methyl/N-ethyl adjacent to an activating group) is 1. The first-order chi connectivity index (χ1) is 15.5. The minimum Gasteiger partial charge on any atom is -0.491 e. The van der Waals surface area contributed by atoms with Crippen LogP contribution in [0.4, 0.5) is 0 Å². The van der Waals surface area contributed by atoms with Crippen LogP contribution in [0.1, 0.15) is 42.2 Å². The van der Waals surface area contributed by atoms with Crippen molar-refractivity contribution in [3.05, 3.63) is 47.8 Å². The molecule has 8 nitrogen and oxygen atoms in total. The summed E-state index contributed by atoms with van der Waals surface area (Å²) < 4.78 is 13.8. The zero-order valence-electron chi connectivity index (χ0n) is 19.0. The van der Waals surface area contributed by atoms with Gasteiger partial charge in [0.2, 0.25) is 0 Å². The van der Waals surface area contributed by atoms with Gasteiger partial charge in [0.15, 0.2) is 5.60 Å². The first kappa shape index (κ1) is 22.3. The van der Waals surface area contributed by atoms with Crippen LogP contribution in [-0.4, -0.2) is 76.4 Å². The second kappa shape index (κ2) is 9.73. The summed E-state index contributed by atoms with van der Waals surface area (Å²) >= 11 is 0. The topological polar surface area (TPSA) is 76.9 Å². The minimum absolute atomic E-state index is 0.0593. The second-order valence-electron chi connectivity index (χ2n) is 8.49. The summed E-state index contributed by atoms with van der Waals surface area (Å²) in [6, 6.07) is 9.81. The Hall–Kier alpha value is -2.87. The molecule has 32 heavy (non-hydrogen) atoms. The number of aromatic nitrogens is 2. The number of hydrogen-bond donors (Lipinski definition) is 0. The Bertz CT molecular complexity index is 959. The Kier molecular flexibility index (Phi) is 6.79. The average molecular weight is 441 g/mol. The van der Waals surface area contributed by atoms with Crippen molar-refractivity contribution in [2.24, 2.45) is 7.05 Å². The SMILES string of the molecule is CCN1CCOc2ccccc2CCCCC2(CN(C(=O)c3ccn(C)n3)CCO2)C1=O.